The molecule has 0 aliphatic heterocycles. The second-order valence-electron chi connectivity index (χ2n) is 1.87. The van der Waals surface area contributed by atoms with Crippen LogP contribution >= 0.6 is 23.2 Å². The van der Waals surface area contributed by atoms with Crippen LogP contribution < -0.4 is 9.93 Å². The minimum absolute atomic E-state index is 0.705. The lowest BCUT2D eigenvalue weighted by Crippen LogP contribution is -2.12. The number of hydrogen-bond donors (Lipinski definition) is 0. The Hall–Kier alpha value is -0.0100. The van der Waals surface area contributed by atoms with E-state index in [-0.39, 0.29) is 0 Å². The summed E-state index contributed by atoms with van der Waals surface area (Å²) in [6.07, 6.45) is 0. The van der Waals surface area contributed by atoms with Crippen LogP contribution in [0.5, 0.6) is 0 Å². The standard InChI is InChI=1S/C5H6Cl2N/c1-8(2)5-3(6)4(5)7/h1-2H3/q+1. The van der Waals surface area contributed by atoms with E-state index in [1.807, 2.05) is 18.7 Å². The van der Waals surface area contributed by atoms with Crippen LogP contribution in [0.2, 0.25) is 10.0 Å². The van der Waals surface area contributed by atoms with E-state index in [1.165, 1.54) is 0 Å². The number of rotatable bonds is 0. The van der Waals surface area contributed by atoms with Gasteiger partial charge < -0.3 is 0 Å². The maximum atomic E-state index is 5.57. The van der Waals surface area contributed by atoms with Gasteiger partial charge in [0.1, 0.15) is 24.1 Å². The molecule has 0 N–H and O–H groups in total. The first-order chi connectivity index (χ1) is 3.64. The Morgan fingerprint density at radius 1 is 1.12 bits per heavy atom. The Morgan fingerprint density at radius 2 is 1.50 bits per heavy atom. The molecule has 44 valence electrons. The molecule has 1 nitrogen and oxygen atoms in total. The summed E-state index contributed by atoms with van der Waals surface area (Å²) in [6, 6.07) is 0. The minimum atomic E-state index is 0.705. The zero-order valence-electron chi connectivity index (χ0n) is 4.70. The normalized spacial score (nSPS) is 10.5. The van der Waals surface area contributed by atoms with Crippen molar-refractivity contribution >= 4 is 23.2 Å². The topological polar surface area (TPSA) is 3.01 Å². The van der Waals surface area contributed by atoms with Crippen molar-refractivity contribution in [1.82, 2.24) is 4.58 Å². The van der Waals surface area contributed by atoms with Crippen LogP contribution in [0.25, 0.3) is 0 Å². The van der Waals surface area contributed by atoms with E-state index in [1.54, 1.807) is 0 Å². The zero-order chi connectivity index (χ0) is 6.31. The van der Waals surface area contributed by atoms with Gasteiger partial charge in [-0.25, -0.2) is 4.58 Å². The molecule has 0 atom stereocenters. The van der Waals surface area contributed by atoms with Gasteiger partial charge in [-0.15, -0.1) is 0 Å². The molecular formula is C5H6Cl2N+. The van der Waals surface area contributed by atoms with Crippen LogP contribution in [0, 0.1) is 0 Å². The lowest BCUT2D eigenvalue weighted by Gasteiger charge is -1.71. The summed E-state index contributed by atoms with van der Waals surface area (Å²) in [4.78, 5) is 0. The van der Waals surface area contributed by atoms with Gasteiger partial charge in [-0.1, -0.05) is 23.2 Å². The predicted molar refractivity (Wildman–Crippen MR) is 36.0 cm³/mol. The van der Waals surface area contributed by atoms with Crippen LogP contribution in [0.4, 0.5) is 0 Å². The van der Waals surface area contributed by atoms with E-state index in [9.17, 15) is 0 Å². The monoisotopic (exact) mass is 150 g/mol. The third-order valence-corrected chi connectivity index (χ3v) is 1.83. The first-order valence-electron chi connectivity index (χ1n) is 2.25. The fourth-order valence-corrected chi connectivity index (χ4v) is 1.19. The van der Waals surface area contributed by atoms with E-state index in [2.05, 4.69) is 0 Å². The second kappa shape index (κ2) is 1.74. The number of nitrogens with zero attached hydrogens (tertiary/aromatic N) is 1. The average molecular weight is 151 g/mol. The molecule has 0 heterocycles. The Morgan fingerprint density at radius 3 is 1.50 bits per heavy atom. The number of halogens is 2. The van der Waals surface area contributed by atoms with Crippen LogP contribution in [0.1, 0.15) is 0 Å². The highest BCUT2D eigenvalue weighted by atomic mass is 35.5. The predicted octanol–water partition coefficient (Wildman–Crippen LogP) is 0.901. The highest BCUT2D eigenvalue weighted by Gasteiger charge is 2.21. The molecule has 0 radical (unpaired) electrons. The highest BCUT2D eigenvalue weighted by molar-refractivity contribution is 6.46. The Labute approximate surface area is 57.8 Å². The molecule has 0 aliphatic carbocycles. The molecule has 0 bridgehead atoms. The summed E-state index contributed by atoms with van der Waals surface area (Å²) in [5.74, 6) is 0. The van der Waals surface area contributed by atoms with Crippen molar-refractivity contribution < 1.29 is 0 Å². The van der Waals surface area contributed by atoms with Crippen molar-refractivity contribution in [3.63, 3.8) is 0 Å². The molecule has 8 heavy (non-hydrogen) atoms. The first kappa shape index (κ1) is 6.12. The van der Waals surface area contributed by atoms with E-state index in [4.69, 9.17) is 23.2 Å². The lowest BCUT2D eigenvalue weighted by atomic mass is 10.9. The lowest BCUT2D eigenvalue weighted by molar-refractivity contribution is 0.832. The van der Waals surface area contributed by atoms with Crippen molar-refractivity contribution in [2.75, 3.05) is 14.1 Å². The van der Waals surface area contributed by atoms with Gasteiger partial charge in [0.15, 0.2) is 0 Å². The van der Waals surface area contributed by atoms with Gasteiger partial charge in [0.05, 0.1) is 0 Å². The molecule has 1 aromatic carbocycles. The third kappa shape index (κ3) is 0.762. The van der Waals surface area contributed by atoms with Crippen molar-refractivity contribution in [2.45, 2.75) is 0 Å². The van der Waals surface area contributed by atoms with E-state index < -0.39 is 0 Å². The van der Waals surface area contributed by atoms with Crippen molar-refractivity contribution in [3.05, 3.63) is 15.4 Å². The first-order valence-corrected chi connectivity index (χ1v) is 3.00. The van der Waals surface area contributed by atoms with Gasteiger partial charge >= 0.3 is 0 Å². The molecule has 1 aromatic rings. The van der Waals surface area contributed by atoms with Gasteiger partial charge in [0, 0.05) is 0 Å². The Kier molecular flexibility index (Phi) is 1.33. The van der Waals surface area contributed by atoms with Crippen molar-refractivity contribution in [2.24, 2.45) is 0 Å². The molecule has 0 saturated carbocycles. The molecule has 0 fully saturated rings. The fraction of sp³-hybridized carbons (Fsp3) is 0.400. The smallest absolute Gasteiger partial charge is 0.233 e. The third-order valence-electron chi connectivity index (χ3n) is 0.993. The fourth-order valence-electron chi connectivity index (χ4n) is 0.528. The second-order valence-corrected chi connectivity index (χ2v) is 2.63. The van der Waals surface area contributed by atoms with Gasteiger partial charge in [-0.2, -0.15) is 0 Å². The van der Waals surface area contributed by atoms with Crippen LogP contribution in [0.15, 0.2) is 0 Å². The summed E-state index contributed by atoms with van der Waals surface area (Å²) in [6.45, 7) is 0. The SMILES string of the molecule is C[N+](C)=c1c(Cl)c1Cl. The molecular weight excluding hydrogens is 145 g/mol. The van der Waals surface area contributed by atoms with Gasteiger partial charge in [0.25, 0.3) is 0 Å². The van der Waals surface area contributed by atoms with Crippen LogP contribution in [0.3, 0.4) is 0 Å². The van der Waals surface area contributed by atoms with E-state index in [0.29, 0.717) is 10.0 Å². The van der Waals surface area contributed by atoms with E-state index in [0.717, 1.165) is 5.36 Å². The van der Waals surface area contributed by atoms with Crippen molar-refractivity contribution in [1.29, 1.82) is 0 Å². The Bertz CT molecular complexity index is 209. The summed E-state index contributed by atoms with van der Waals surface area (Å²) >= 11 is 11.1. The Balaban J connectivity index is 3.13. The molecule has 0 spiro atoms. The van der Waals surface area contributed by atoms with Gasteiger partial charge in [0.2, 0.25) is 5.36 Å². The quantitative estimate of drug-likeness (QED) is 0.484. The van der Waals surface area contributed by atoms with E-state index >= 15 is 0 Å². The largest absolute Gasteiger partial charge is 0.240 e. The molecule has 3 heteroatoms. The highest BCUT2D eigenvalue weighted by Crippen LogP contribution is 2.21. The molecule has 0 saturated heterocycles. The van der Waals surface area contributed by atoms with Crippen LogP contribution in [-0.4, -0.2) is 14.1 Å². The minimum Gasteiger partial charge on any atom is -0.233 e. The zero-order valence-corrected chi connectivity index (χ0v) is 6.22. The number of hydrogen-bond acceptors (Lipinski definition) is 0. The maximum Gasteiger partial charge on any atom is 0.240 e. The summed E-state index contributed by atoms with van der Waals surface area (Å²) in [5.41, 5.74) is 0. The molecule has 0 aromatic heterocycles. The summed E-state index contributed by atoms with van der Waals surface area (Å²) in [7, 11) is 3.82. The van der Waals surface area contributed by atoms with Gasteiger partial charge in [-0.3, -0.25) is 0 Å². The summed E-state index contributed by atoms with van der Waals surface area (Å²) < 4.78 is 1.89. The molecule has 1 rings (SSSR count). The summed E-state index contributed by atoms with van der Waals surface area (Å²) in [5, 5.41) is 2.38. The van der Waals surface area contributed by atoms with Crippen LogP contribution in [-0.2, 0) is 0 Å². The molecule has 0 aliphatic rings. The molecule has 0 amide bonds. The maximum absolute atomic E-state index is 5.57. The molecule has 0 unspecified atom stereocenters. The van der Waals surface area contributed by atoms with Crippen molar-refractivity contribution in [3.8, 4) is 0 Å². The average Bonchev–Trinajstić information content (AvgIpc) is 2.15. The van der Waals surface area contributed by atoms with Gasteiger partial charge in [-0.05, 0) is 0 Å².